The van der Waals surface area contributed by atoms with Crippen LogP contribution in [-0.4, -0.2) is 41.2 Å². The van der Waals surface area contributed by atoms with Crippen molar-refractivity contribution < 1.29 is 22.7 Å². The van der Waals surface area contributed by atoms with Gasteiger partial charge in [0.05, 0.1) is 6.54 Å². The molecule has 1 aromatic rings. The number of likely N-dealkylation sites (tertiary alicyclic amines) is 1. The molecule has 1 aromatic heterocycles. The average molecular weight is 329 g/mol. The largest absolute Gasteiger partial charge is 0.441 e. The van der Waals surface area contributed by atoms with Crippen LogP contribution in [0.25, 0.3) is 0 Å². The summed E-state index contributed by atoms with van der Waals surface area (Å²) < 4.78 is 42.9. The van der Waals surface area contributed by atoms with E-state index in [1.807, 2.05) is 0 Å². The molecule has 1 amide bonds. The number of rotatable bonds is 2. The second-order valence-electron chi connectivity index (χ2n) is 6.11. The number of nitrogens with zero attached hydrogens (tertiary/aromatic N) is 2. The lowest BCUT2D eigenvalue weighted by Crippen LogP contribution is -2.34. The molecule has 1 atom stereocenters. The zero-order valence-electron chi connectivity index (χ0n) is 12.5. The number of carbonyl (C=O) groups excluding carboxylic acids is 1. The van der Waals surface area contributed by atoms with Gasteiger partial charge in [0.25, 0.3) is 0 Å². The number of halogens is 3. The fourth-order valence-electron chi connectivity index (χ4n) is 3.11. The Morgan fingerprint density at radius 2 is 2.13 bits per heavy atom. The van der Waals surface area contributed by atoms with E-state index in [1.54, 1.807) is 0 Å². The number of pyridine rings is 1. The van der Waals surface area contributed by atoms with Crippen LogP contribution < -0.4 is 5.32 Å². The first-order chi connectivity index (χ1) is 10.9. The van der Waals surface area contributed by atoms with Gasteiger partial charge in [0.15, 0.2) is 0 Å². The van der Waals surface area contributed by atoms with Gasteiger partial charge in [-0.1, -0.05) is 6.07 Å². The van der Waals surface area contributed by atoms with Crippen LogP contribution >= 0.6 is 0 Å². The molecule has 8 heteroatoms. The molecular formula is C15H18F3N3O2. The fourth-order valence-corrected chi connectivity index (χ4v) is 3.11. The lowest BCUT2D eigenvalue weighted by atomic mass is 9.95. The van der Waals surface area contributed by atoms with Crippen molar-refractivity contribution in [1.29, 1.82) is 0 Å². The van der Waals surface area contributed by atoms with Gasteiger partial charge < -0.3 is 10.1 Å². The highest BCUT2D eigenvalue weighted by Gasteiger charge is 2.41. The summed E-state index contributed by atoms with van der Waals surface area (Å²) in [6.07, 6.45) is -1.10. The molecule has 0 saturated carbocycles. The molecule has 5 nitrogen and oxygen atoms in total. The third kappa shape index (κ3) is 3.74. The second kappa shape index (κ2) is 5.99. The Morgan fingerprint density at radius 1 is 1.30 bits per heavy atom. The number of amides is 1. The molecule has 0 aliphatic carbocycles. The van der Waals surface area contributed by atoms with E-state index in [4.69, 9.17) is 4.74 Å². The van der Waals surface area contributed by atoms with Crippen LogP contribution in [0.4, 0.5) is 18.0 Å². The Morgan fingerprint density at radius 3 is 2.74 bits per heavy atom. The Hall–Kier alpha value is -1.83. The van der Waals surface area contributed by atoms with Gasteiger partial charge in [0, 0.05) is 25.7 Å². The third-order valence-corrected chi connectivity index (χ3v) is 4.38. The van der Waals surface area contributed by atoms with E-state index >= 15 is 0 Å². The molecular weight excluding hydrogens is 311 g/mol. The maximum absolute atomic E-state index is 12.5. The highest BCUT2D eigenvalue weighted by atomic mass is 19.4. The topological polar surface area (TPSA) is 54.5 Å². The second-order valence-corrected chi connectivity index (χ2v) is 6.11. The van der Waals surface area contributed by atoms with Gasteiger partial charge in [-0.3, -0.25) is 9.88 Å². The minimum atomic E-state index is -4.41. The first kappa shape index (κ1) is 16.0. The van der Waals surface area contributed by atoms with Crippen molar-refractivity contribution in [2.45, 2.75) is 37.6 Å². The maximum atomic E-state index is 12.5. The molecule has 0 bridgehead atoms. The Bertz CT molecular complexity index is 576. The molecule has 2 aliphatic rings. The number of alkyl halides is 3. The van der Waals surface area contributed by atoms with Crippen LogP contribution in [0.2, 0.25) is 0 Å². The van der Waals surface area contributed by atoms with Crippen molar-refractivity contribution >= 4 is 6.09 Å². The highest BCUT2D eigenvalue weighted by Crippen LogP contribution is 2.30. The smallest absolute Gasteiger partial charge is 0.433 e. The molecule has 126 valence electrons. The predicted molar refractivity (Wildman–Crippen MR) is 75.6 cm³/mol. The first-order valence-corrected chi connectivity index (χ1v) is 7.58. The average Bonchev–Trinajstić information content (AvgIpc) is 2.74. The van der Waals surface area contributed by atoms with Crippen molar-refractivity contribution in [3.63, 3.8) is 0 Å². The summed E-state index contributed by atoms with van der Waals surface area (Å²) in [4.78, 5) is 16.9. The number of aromatic nitrogens is 1. The van der Waals surface area contributed by atoms with Gasteiger partial charge in [-0.25, -0.2) is 4.79 Å². The summed E-state index contributed by atoms with van der Waals surface area (Å²) in [6.45, 7) is 2.63. The molecule has 1 N–H and O–H groups in total. The van der Waals surface area contributed by atoms with Gasteiger partial charge in [-0.2, -0.15) is 13.2 Å². The van der Waals surface area contributed by atoms with E-state index in [0.717, 1.165) is 44.0 Å². The maximum Gasteiger partial charge on any atom is 0.433 e. The molecule has 2 saturated heterocycles. The number of hydrogen-bond donors (Lipinski definition) is 1. The summed E-state index contributed by atoms with van der Waals surface area (Å²) in [5, 5.41) is 2.70. The summed E-state index contributed by atoms with van der Waals surface area (Å²) in [7, 11) is 0. The molecule has 2 aliphatic heterocycles. The number of nitrogens with one attached hydrogen (secondary N) is 1. The van der Waals surface area contributed by atoms with Gasteiger partial charge >= 0.3 is 12.3 Å². The van der Waals surface area contributed by atoms with Crippen LogP contribution in [0.5, 0.6) is 0 Å². The van der Waals surface area contributed by atoms with E-state index in [9.17, 15) is 18.0 Å². The zero-order valence-corrected chi connectivity index (χ0v) is 12.5. The van der Waals surface area contributed by atoms with Crippen LogP contribution in [0.1, 0.15) is 30.5 Å². The van der Waals surface area contributed by atoms with Gasteiger partial charge in [0.1, 0.15) is 11.3 Å². The van der Waals surface area contributed by atoms with Gasteiger partial charge in [-0.05, 0) is 31.0 Å². The minimum Gasteiger partial charge on any atom is -0.441 e. The van der Waals surface area contributed by atoms with Crippen LogP contribution in [-0.2, 0) is 17.5 Å². The quantitative estimate of drug-likeness (QED) is 0.906. The van der Waals surface area contributed by atoms with Crippen molar-refractivity contribution in [2.24, 2.45) is 0 Å². The summed E-state index contributed by atoms with van der Waals surface area (Å²) in [6, 6.07) is 2.48. The van der Waals surface area contributed by atoms with E-state index in [1.165, 1.54) is 12.3 Å². The van der Waals surface area contributed by atoms with E-state index in [2.05, 4.69) is 15.2 Å². The molecule has 0 radical (unpaired) electrons. The number of carbonyl (C=O) groups is 1. The van der Waals surface area contributed by atoms with Gasteiger partial charge in [0.2, 0.25) is 0 Å². The monoisotopic (exact) mass is 329 g/mol. The lowest BCUT2D eigenvalue weighted by molar-refractivity contribution is -0.141. The summed E-state index contributed by atoms with van der Waals surface area (Å²) in [5.74, 6) is 0. The number of alkyl carbamates (subject to hydrolysis) is 1. The van der Waals surface area contributed by atoms with Crippen molar-refractivity contribution in [3.8, 4) is 0 Å². The van der Waals surface area contributed by atoms with Crippen LogP contribution in [0, 0.1) is 0 Å². The molecule has 3 heterocycles. The minimum absolute atomic E-state index is 0.370. The Balaban J connectivity index is 1.59. The molecule has 23 heavy (non-hydrogen) atoms. The van der Waals surface area contributed by atoms with Crippen molar-refractivity contribution in [3.05, 3.63) is 29.6 Å². The summed E-state index contributed by atoms with van der Waals surface area (Å²) >= 11 is 0. The summed E-state index contributed by atoms with van der Waals surface area (Å²) in [5.41, 5.74) is -0.556. The normalized spacial score (nSPS) is 26.0. The van der Waals surface area contributed by atoms with Crippen LogP contribution in [0.15, 0.2) is 18.3 Å². The van der Waals surface area contributed by atoms with E-state index in [0.29, 0.717) is 13.1 Å². The molecule has 0 unspecified atom stereocenters. The van der Waals surface area contributed by atoms with E-state index in [-0.39, 0.29) is 6.09 Å². The van der Waals surface area contributed by atoms with Crippen LogP contribution in [0.3, 0.4) is 0 Å². The zero-order chi connectivity index (χ0) is 16.5. The molecule has 1 spiro atoms. The van der Waals surface area contributed by atoms with Crippen molar-refractivity contribution in [1.82, 2.24) is 15.2 Å². The lowest BCUT2D eigenvalue weighted by Gasteiger charge is -2.25. The molecule has 2 fully saturated rings. The fraction of sp³-hybridized carbons (Fsp3) is 0.600. The van der Waals surface area contributed by atoms with Gasteiger partial charge in [-0.15, -0.1) is 0 Å². The highest BCUT2D eigenvalue weighted by molar-refractivity contribution is 5.70. The Labute approximate surface area is 131 Å². The molecule has 3 rings (SSSR count). The first-order valence-electron chi connectivity index (χ1n) is 7.58. The van der Waals surface area contributed by atoms with E-state index < -0.39 is 17.5 Å². The standard InChI is InChI=1S/C15H18F3N3O2/c16-15(17,18)12-3-2-11(8-19-12)9-21-6-1-4-14(5-7-21)10-20-13(22)23-14/h2-3,8H,1,4-7,9-10H2,(H,20,22)/t14-/m0/s1. The predicted octanol–water partition coefficient (Wildman–Crippen LogP) is 2.56. The molecule has 0 aromatic carbocycles. The third-order valence-electron chi connectivity index (χ3n) is 4.38. The number of hydrogen-bond acceptors (Lipinski definition) is 4. The Kier molecular flexibility index (Phi) is 4.18. The SMILES string of the molecule is O=C1NC[C@@]2(CCCN(Cc3ccc(C(F)(F)F)nc3)CC2)O1. The van der Waals surface area contributed by atoms with Crippen molar-refractivity contribution in [2.75, 3.05) is 19.6 Å². The number of ether oxygens (including phenoxy) is 1.